The van der Waals surface area contributed by atoms with Crippen molar-refractivity contribution in [3.8, 4) is 11.5 Å². The van der Waals surface area contributed by atoms with E-state index in [2.05, 4.69) is 0 Å². The Morgan fingerprint density at radius 1 is 1.30 bits per heavy atom. The summed E-state index contributed by atoms with van der Waals surface area (Å²) in [5, 5.41) is 9.97. The lowest BCUT2D eigenvalue weighted by molar-refractivity contribution is -0.145. The number of hydrogen-bond acceptors (Lipinski definition) is 4. The Kier molecular flexibility index (Phi) is 4.76. The van der Waals surface area contributed by atoms with Gasteiger partial charge in [-0.1, -0.05) is 31.4 Å². The van der Waals surface area contributed by atoms with Crippen LogP contribution in [0, 0.1) is 0 Å². The van der Waals surface area contributed by atoms with Crippen LogP contribution >= 0.6 is 0 Å². The molecule has 1 unspecified atom stereocenters. The van der Waals surface area contributed by atoms with Gasteiger partial charge in [0.15, 0.2) is 11.5 Å². The van der Waals surface area contributed by atoms with Crippen LogP contribution in [-0.4, -0.2) is 37.5 Å². The fourth-order valence-corrected chi connectivity index (χ4v) is 3.70. The number of para-hydroxylation sites is 1. The molecule has 0 amide bonds. The molecule has 5 nitrogen and oxygen atoms in total. The van der Waals surface area contributed by atoms with E-state index in [1.54, 1.807) is 7.11 Å². The highest BCUT2D eigenvalue weighted by atomic mass is 16.6. The molecule has 1 heterocycles. The number of rotatable bonds is 5. The number of carboxylic acid groups (broad SMARTS) is 1. The van der Waals surface area contributed by atoms with Crippen LogP contribution in [0.2, 0.25) is 0 Å². The van der Waals surface area contributed by atoms with E-state index in [0.717, 1.165) is 31.2 Å². The molecule has 1 N–H and O–H groups in total. The summed E-state index contributed by atoms with van der Waals surface area (Å²) in [7, 11) is 1.59. The van der Waals surface area contributed by atoms with E-state index in [4.69, 9.17) is 14.2 Å². The molecule has 1 saturated heterocycles. The standard InChI is InChI=1S/C18H24O5/c1-21-15-7-5-6-14(16(15)23-13-8-11-22-12-13)18(17(19)20)9-3-2-4-10-18/h5-7,13H,2-4,8-12H2,1H3,(H,19,20). The molecule has 1 atom stereocenters. The van der Waals surface area contributed by atoms with Crippen molar-refractivity contribution in [3.05, 3.63) is 23.8 Å². The molecule has 1 saturated carbocycles. The number of methoxy groups -OCH3 is 1. The van der Waals surface area contributed by atoms with E-state index in [0.29, 0.717) is 37.6 Å². The largest absolute Gasteiger partial charge is 0.493 e. The van der Waals surface area contributed by atoms with Gasteiger partial charge in [-0.05, 0) is 18.9 Å². The van der Waals surface area contributed by atoms with Gasteiger partial charge in [-0.3, -0.25) is 4.79 Å². The number of hydrogen-bond donors (Lipinski definition) is 1. The molecule has 2 aliphatic rings. The smallest absolute Gasteiger partial charge is 0.314 e. The Bertz CT molecular complexity index is 557. The minimum atomic E-state index is -0.873. The van der Waals surface area contributed by atoms with Gasteiger partial charge < -0.3 is 19.3 Å². The maximum Gasteiger partial charge on any atom is 0.314 e. The lowest BCUT2D eigenvalue weighted by Crippen LogP contribution is -2.38. The summed E-state index contributed by atoms with van der Waals surface area (Å²) in [4.78, 5) is 12.1. The summed E-state index contributed by atoms with van der Waals surface area (Å²) in [5.41, 5.74) is -0.127. The molecule has 1 aliphatic heterocycles. The third-order valence-electron chi connectivity index (χ3n) is 5.00. The SMILES string of the molecule is COc1cccc(C2(C(=O)O)CCCCC2)c1OC1CCOC1. The van der Waals surface area contributed by atoms with Gasteiger partial charge in [-0.2, -0.15) is 0 Å². The Morgan fingerprint density at radius 2 is 2.09 bits per heavy atom. The lowest BCUT2D eigenvalue weighted by Gasteiger charge is -2.35. The molecule has 0 bridgehead atoms. The number of aliphatic carboxylic acids is 1. The maximum atomic E-state index is 12.1. The molecule has 126 valence electrons. The Balaban J connectivity index is 2.03. The number of carbonyl (C=O) groups is 1. The average Bonchev–Trinajstić information content (AvgIpc) is 3.08. The second-order valence-electron chi connectivity index (χ2n) is 6.39. The molecule has 0 radical (unpaired) electrons. The van der Waals surface area contributed by atoms with Gasteiger partial charge in [-0.25, -0.2) is 0 Å². The van der Waals surface area contributed by atoms with E-state index in [1.165, 1.54) is 0 Å². The molecule has 23 heavy (non-hydrogen) atoms. The Labute approximate surface area is 136 Å². The van der Waals surface area contributed by atoms with Crippen LogP contribution in [-0.2, 0) is 14.9 Å². The van der Waals surface area contributed by atoms with Gasteiger partial charge in [0.2, 0.25) is 0 Å². The van der Waals surface area contributed by atoms with Crippen molar-refractivity contribution < 1.29 is 24.1 Å². The summed E-state index contributed by atoms with van der Waals surface area (Å²) < 4.78 is 17.0. The molecule has 1 aromatic carbocycles. The molecular weight excluding hydrogens is 296 g/mol. The van der Waals surface area contributed by atoms with E-state index < -0.39 is 11.4 Å². The van der Waals surface area contributed by atoms with Crippen molar-refractivity contribution in [2.24, 2.45) is 0 Å². The molecular formula is C18H24O5. The predicted octanol–water partition coefficient (Wildman–Crippen LogP) is 3.15. The zero-order valence-electron chi connectivity index (χ0n) is 13.5. The minimum absolute atomic E-state index is 0.0421. The minimum Gasteiger partial charge on any atom is -0.493 e. The van der Waals surface area contributed by atoms with Crippen LogP contribution in [0.15, 0.2) is 18.2 Å². The maximum absolute atomic E-state index is 12.1. The van der Waals surface area contributed by atoms with Crippen molar-refractivity contribution in [2.45, 2.75) is 50.0 Å². The molecule has 5 heteroatoms. The van der Waals surface area contributed by atoms with Gasteiger partial charge in [0.1, 0.15) is 6.10 Å². The molecule has 1 aromatic rings. The molecule has 2 fully saturated rings. The van der Waals surface area contributed by atoms with Crippen LogP contribution in [0.5, 0.6) is 11.5 Å². The zero-order valence-corrected chi connectivity index (χ0v) is 13.5. The van der Waals surface area contributed by atoms with E-state index in [1.807, 2.05) is 18.2 Å². The van der Waals surface area contributed by atoms with Crippen molar-refractivity contribution >= 4 is 5.97 Å². The molecule has 0 spiro atoms. The van der Waals surface area contributed by atoms with Crippen molar-refractivity contribution in [3.63, 3.8) is 0 Å². The zero-order chi connectivity index (χ0) is 16.3. The van der Waals surface area contributed by atoms with Gasteiger partial charge in [0.25, 0.3) is 0 Å². The quantitative estimate of drug-likeness (QED) is 0.903. The fraction of sp³-hybridized carbons (Fsp3) is 0.611. The second-order valence-corrected chi connectivity index (χ2v) is 6.39. The summed E-state index contributed by atoms with van der Waals surface area (Å²) in [5.74, 6) is 0.411. The first-order valence-corrected chi connectivity index (χ1v) is 8.32. The van der Waals surface area contributed by atoms with Gasteiger partial charge >= 0.3 is 5.97 Å². The van der Waals surface area contributed by atoms with Crippen LogP contribution in [0.1, 0.15) is 44.1 Å². The molecule has 1 aliphatic carbocycles. The van der Waals surface area contributed by atoms with Crippen LogP contribution in [0.4, 0.5) is 0 Å². The molecule has 3 rings (SSSR count). The van der Waals surface area contributed by atoms with Crippen molar-refractivity contribution in [2.75, 3.05) is 20.3 Å². The van der Waals surface area contributed by atoms with Gasteiger partial charge in [0.05, 0.1) is 25.7 Å². The first-order valence-electron chi connectivity index (χ1n) is 8.32. The van der Waals surface area contributed by atoms with E-state index >= 15 is 0 Å². The van der Waals surface area contributed by atoms with Gasteiger partial charge in [-0.15, -0.1) is 0 Å². The number of benzene rings is 1. The predicted molar refractivity (Wildman–Crippen MR) is 85.2 cm³/mol. The van der Waals surface area contributed by atoms with E-state index in [9.17, 15) is 9.90 Å². The third-order valence-corrected chi connectivity index (χ3v) is 5.00. The summed E-state index contributed by atoms with van der Waals surface area (Å²) in [6, 6.07) is 5.56. The van der Waals surface area contributed by atoms with Crippen LogP contribution in [0.3, 0.4) is 0 Å². The first kappa shape index (κ1) is 16.1. The Hall–Kier alpha value is -1.75. The average molecular weight is 320 g/mol. The topological polar surface area (TPSA) is 65.0 Å². The first-order chi connectivity index (χ1) is 11.2. The highest BCUT2D eigenvalue weighted by Crippen LogP contribution is 2.47. The van der Waals surface area contributed by atoms with Crippen LogP contribution < -0.4 is 9.47 Å². The monoisotopic (exact) mass is 320 g/mol. The van der Waals surface area contributed by atoms with E-state index in [-0.39, 0.29) is 6.10 Å². The number of carboxylic acids is 1. The second kappa shape index (κ2) is 6.79. The van der Waals surface area contributed by atoms with Crippen molar-refractivity contribution in [1.82, 2.24) is 0 Å². The normalized spacial score (nSPS) is 23.4. The highest BCUT2D eigenvalue weighted by Gasteiger charge is 2.44. The lowest BCUT2D eigenvalue weighted by atomic mass is 9.69. The van der Waals surface area contributed by atoms with Crippen LogP contribution in [0.25, 0.3) is 0 Å². The molecule has 0 aromatic heterocycles. The third kappa shape index (κ3) is 3.02. The summed E-state index contributed by atoms with van der Waals surface area (Å²) in [6.45, 7) is 1.22. The van der Waals surface area contributed by atoms with Crippen molar-refractivity contribution in [1.29, 1.82) is 0 Å². The highest BCUT2D eigenvalue weighted by molar-refractivity contribution is 5.83. The van der Waals surface area contributed by atoms with Gasteiger partial charge in [0, 0.05) is 12.0 Å². The summed E-state index contributed by atoms with van der Waals surface area (Å²) >= 11 is 0. The summed E-state index contributed by atoms with van der Waals surface area (Å²) in [6.07, 6.45) is 5.01. The number of ether oxygens (including phenoxy) is 3. The Morgan fingerprint density at radius 3 is 2.70 bits per heavy atom. The fourth-order valence-electron chi connectivity index (χ4n) is 3.70.